The van der Waals surface area contributed by atoms with Gasteiger partial charge >= 0.3 is 0 Å². The number of hydrogen-bond donors (Lipinski definition) is 1. The van der Waals surface area contributed by atoms with Gasteiger partial charge in [0.05, 0.1) is 5.60 Å². The van der Waals surface area contributed by atoms with Crippen molar-refractivity contribution in [2.75, 3.05) is 39.5 Å². The lowest BCUT2D eigenvalue weighted by Gasteiger charge is -2.47. The maximum Gasteiger partial charge on any atom is 0.0741 e. The lowest BCUT2D eigenvalue weighted by atomic mass is 9.83. The van der Waals surface area contributed by atoms with Crippen LogP contribution in [0.4, 0.5) is 0 Å². The standard InChI is InChI=1S/C15H28N2O2/c1-2-17(14-3-7-16-12-14)13-4-8-19-15(11-13)5-9-18-10-6-15/h13-14,16H,2-12H2,1H3. The number of ether oxygens (including phenoxy) is 2. The number of likely N-dealkylation sites (N-methyl/N-ethyl adjacent to an activating group) is 1. The second-order valence-corrected chi connectivity index (χ2v) is 6.27. The molecule has 0 saturated carbocycles. The molecule has 3 aliphatic heterocycles. The molecule has 19 heavy (non-hydrogen) atoms. The summed E-state index contributed by atoms with van der Waals surface area (Å²) in [6.07, 6.45) is 5.89. The van der Waals surface area contributed by atoms with Crippen molar-refractivity contribution in [2.24, 2.45) is 0 Å². The highest BCUT2D eigenvalue weighted by Gasteiger charge is 2.41. The van der Waals surface area contributed by atoms with Gasteiger partial charge in [-0.05, 0) is 45.2 Å². The Morgan fingerprint density at radius 3 is 2.68 bits per heavy atom. The topological polar surface area (TPSA) is 33.7 Å². The van der Waals surface area contributed by atoms with Crippen molar-refractivity contribution < 1.29 is 9.47 Å². The highest BCUT2D eigenvalue weighted by Crippen LogP contribution is 2.36. The first-order valence-corrected chi connectivity index (χ1v) is 8.01. The van der Waals surface area contributed by atoms with Crippen molar-refractivity contribution in [1.29, 1.82) is 0 Å². The van der Waals surface area contributed by atoms with Gasteiger partial charge in [0.2, 0.25) is 0 Å². The van der Waals surface area contributed by atoms with Gasteiger partial charge in [-0.3, -0.25) is 4.90 Å². The molecular weight excluding hydrogens is 240 g/mol. The van der Waals surface area contributed by atoms with Crippen molar-refractivity contribution in [3.8, 4) is 0 Å². The van der Waals surface area contributed by atoms with E-state index in [1.807, 2.05) is 0 Å². The van der Waals surface area contributed by atoms with E-state index in [1.54, 1.807) is 0 Å². The van der Waals surface area contributed by atoms with Crippen LogP contribution in [0.25, 0.3) is 0 Å². The summed E-state index contributed by atoms with van der Waals surface area (Å²) in [5.74, 6) is 0. The summed E-state index contributed by atoms with van der Waals surface area (Å²) in [6, 6.07) is 1.45. The lowest BCUT2D eigenvalue weighted by molar-refractivity contribution is -0.153. The molecule has 3 heterocycles. The van der Waals surface area contributed by atoms with Gasteiger partial charge in [-0.2, -0.15) is 0 Å². The molecule has 4 heteroatoms. The third kappa shape index (κ3) is 2.97. The molecule has 0 aromatic carbocycles. The molecule has 0 radical (unpaired) electrons. The van der Waals surface area contributed by atoms with E-state index in [4.69, 9.17) is 9.47 Å². The molecule has 0 bridgehead atoms. The molecule has 2 unspecified atom stereocenters. The van der Waals surface area contributed by atoms with Gasteiger partial charge in [0.15, 0.2) is 0 Å². The van der Waals surface area contributed by atoms with Crippen LogP contribution in [-0.2, 0) is 9.47 Å². The van der Waals surface area contributed by atoms with E-state index in [-0.39, 0.29) is 5.60 Å². The quantitative estimate of drug-likeness (QED) is 0.839. The Morgan fingerprint density at radius 2 is 2.00 bits per heavy atom. The third-order valence-corrected chi connectivity index (χ3v) is 5.21. The molecule has 3 rings (SSSR count). The molecule has 0 aliphatic carbocycles. The maximum atomic E-state index is 6.17. The highest BCUT2D eigenvalue weighted by molar-refractivity contribution is 4.94. The second-order valence-electron chi connectivity index (χ2n) is 6.27. The number of nitrogens with zero attached hydrogens (tertiary/aromatic N) is 1. The zero-order valence-electron chi connectivity index (χ0n) is 12.2. The van der Waals surface area contributed by atoms with Gasteiger partial charge in [-0.1, -0.05) is 6.92 Å². The van der Waals surface area contributed by atoms with Crippen LogP contribution in [0.5, 0.6) is 0 Å². The Labute approximate surface area is 116 Å². The van der Waals surface area contributed by atoms with E-state index in [1.165, 1.54) is 38.9 Å². The maximum absolute atomic E-state index is 6.17. The van der Waals surface area contributed by atoms with Crippen molar-refractivity contribution in [3.63, 3.8) is 0 Å². The van der Waals surface area contributed by atoms with Gasteiger partial charge in [-0.25, -0.2) is 0 Å². The summed E-state index contributed by atoms with van der Waals surface area (Å²) in [5, 5.41) is 3.50. The third-order valence-electron chi connectivity index (χ3n) is 5.21. The van der Waals surface area contributed by atoms with E-state index in [0.717, 1.165) is 38.7 Å². The number of rotatable bonds is 3. The average Bonchev–Trinajstić information content (AvgIpc) is 2.95. The zero-order chi connectivity index (χ0) is 13.1. The van der Waals surface area contributed by atoms with Gasteiger partial charge in [-0.15, -0.1) is 0 Å². The number of nitrogens with one attached hydrogen (secondary N) is 1. The van der Waals surface area contributed by atoms with E-state index >= 15 is 0 Å². The minimum absolute atomic E-state index is 0.126. The van der Waals surface area contributed by atoms with E-state index in [9.17, 15) is 0 Å². The molecule has 1 spiro atoms. The SMILES string of the molecule is CCN(C1CCNC1)C1CCOC2(CCOCC2)C1. The van der Waals surface area contributed by atoms with Crippen LogP contribution in [0, 0.1) is 0 Å². The van der Waals surface area contributed by atoms with Crippen LogP contribution in [-0.4, -0.2) is 62.0 Å². The lowest BCUT2D eigenvalue weighted by Crippen LogP contribution is -2.53. The first kappa shape index (κ1) is 13.8. The average molecular weight is 268 g/mol. The van der Waals surface area contributed by atoms with Crippen molar-refractivity contribution >= 4 is 0 Å². The predicted octanol–water partition coefficient (Wildman–Crippen LogP) is 1.40. The first-order chi connectivity index (χ1) is 9.33. The Balaban J connectivity index is 1.65. The summed E-state index contributed by atoms with van der Waals surface area (Å²) in [5.41, 5.74) is 0.126. The number of hydrogen-bond acceptors (Lipinski definition) is 4. The van der Waals surface area contributed by atoms with Crippen molar-refractivity contribution in [3.05, 3.63) is 0 Å². The summed E-state index contributed by atoms with van der Waals surface area (Å²) in [7, 11) is 0. The summed E-state index contributed by atoms with van der Waals surface area (Å²) >= 11 is 0. The smallest absolute Gasteiger partial charge is 0.0741 e. The minimum atomic E-state index is 0.126. The van der Waals surface area contributed by atoms with E-state index in [2.05, 4.69) is 17.1 Å². The molecule has 0 aromatic rings. The van der Waals surface area contributed by atoms with Crippen LogP contribution in [0.3, 0.4) is 0 Å². The highest BCUT2D eigenvalue weighted by atomic mass is 16.5. The normalized spacial score (nSPS) is 35.1. The van der Waals surface area contributed by atoms with E-state index < -0.39 is 0 Å². The van der Waals surface area contributed by atoms with Gasteiger partial charge < -0.3 is 14.8 Å². The molecule has 0 amide bonds. The van der Waals surface area contributed by atoms with Crippen molar-refractivity contribution in [1.82, 2.24) is 10.2 Å². The van der Waals surface area contributed by atoms with Crippen LogP contribution < -0.4 is 5.32 Å². The molecule has 3 aliphatic rings. The largest absolute Gasteiger partial charge is 0.381 e. The van der Waals surface area contributed by atoms with Crippen LogP contribution in [0.15, 0.2) is 0 Å². The molecule has 110 valence electrons. The Morgan fingerprint density at radius 1 is 1.16 bits per heavy atom. The summed E-state index contributed by atoms with van der Waals surface area (Å²) < 4.78 is 11.7. The van der Waals surface area contributed by atoms with E-state index in [0.29, 0.717) is 6.04 Å². The van der Waals surface area contributed by atoms with Crippen LogP contribution >= 0.6 is 0 Å². The Bertz CT molecular complexity index is 280. The van der Waals surface area contributed by atoms with Crippen LogP contribution in [0.2, 0.25) is 0 Å². The Hall–Kier alpha value is -0.160. The molecule has 3 fully saturated rings. The zero-order valence-corrected chi connectivity index (χ0v) is 12.2. The summed E-state index contributed by atoms with van der Waals surface area (Å²) in [6.45, 7) is 8.52. The first-order valence-electron chi connectivity index (χ1n) is 8.01. The van der Waals surface area contributed by atoms with Crippen molar-refractivity contribution in [2.45, 2.75) is 56.7 Å². The fraction of sp³-hybridized carbons (Fsp3) is 1.00. The summed E-state index contributed by atoms with van der Waals surface area (Å²) in [4.78, 5) is 2.74. The van der Waals surface area contributed by atoms with Crippen LogP contribution in [0.1, 0.15) is 39.0 Å². The van der Waals surface area contributed by atoms with Gasteiger partial charge in [0, 0.05) is 38.4 Å². The predicted molar refractivity (Wildman–Crippen MR) is 75.4 cm³/mol. The fourth-order valence-electron chi connectivity index (χ4n) is 4.11. The minimum Gasteiger partial charge on any atom is -0.381 e. The second kappa shape index (κ2) is 6.08. The molecule has 0 aromatic heterocycles. The molecule has 2 atom stereocenters. The molecule has 3 saturated heterocycles. The fourth-order valence-corrected chi connectivity index (χ4v) is 4.11. The Kier molecular flexibility index (Phi) is 4.42. The molecule has 4 nitrogen and oxygen atoms in total. The van der Waals surface area contributed by atoms with Gasteiger partial charge in [0.1, 0.15) is 0 Å². The molecular formula is C15H28N2O2. The monoisotopic (exact) mass is 268 g/mol. The molecule has 1 N–H and O–H groups in total. The van der Waals surface area contributed by atoms with Gasteiger partial charge in [0.25, 0.3) is 0 Å².